The fourth-order valence-corrected chi connectivity index (χ4v) is 5.31. The molecule has 48 heavy (non-hydrogen) atoms. The number of carbonyl (C=O) groups excluding carboxylic acids is 2. The van der Waals surface area contributed by atoms with Crippen molar-refractivity contribution in [1.82, 2.24) is 20.6 Å². The monoisotopic (exact) mass is 655 g/mol. The van der Waals surface area contributed by atoms with Crippen molar-refractivity contribution < 1.29 is 38.4 Å². The van der Waals surface area contributed by atoms with E-state index < -0.39 is 5.97 Å². The van der Waals surface area contributed by atoms with Crippen LogP contribution in [-0.4, -0.2) is 78.9 Å². The third-order valence-corrected chi connectivity index (χ3v) is 7.68. The minimum absolute atomic E-state index is 0.133. The molecule has 0 unspecified atom stereocenters. The highest BCUT2D eigenvalue weighted by molar-refractivity contribution is 5.96. The number of nitrogens with zero attached hydrogens (tertiary/aromatic N) is 3. The Kier molecular flexibility index (Phi) is 10.9. The van der Waals surface area contributed by atoms with Gasteiger partial charge in [-0.1, -0.05) is 24.3 Å². The van der Waals surface area contributed by atoms with Gasteiger partial charge in [0.15, 0.2) is 12.4 Å². The molecule has 3 aliphatic rings. The van der Waals surface area contributed by atoms with Gasteiger partial charge in [-0.3, -0.25) is 14.4 Å². The van der Waals surface area contributed by atoms with Gasteiger partial charge >= 0.3 is 0 Å². The maximum atomic E-state index is 13.8. The van der Waals surface area contributed by atoms with Crippen LogP contribution in [0.25, 0.3) is 11.1 Å². The molecule has 0 radical (unpaired) electrons. The lowest BCUT2D eigenvalue weighted by atomic mass is 9.99. The molecule has 3 aromatic carbocycles. The van der Waals surface area contributed by atoms with Crippen LogP contribution in [0.1, 0.15) is 29.3 Å². The molecule has 0 saturated carbocycles. The Morgan fingerprint density at radius 3 is 2.42 bits per heavy atom. The zero-order chi connectivity index (χ0) is 34.0. The molecule has 4 aromatic rings. The van der Waals surface area contributed by atoms with Gasteiger partial charge in [-0.2, -0.15) is 0 Å². The van der Waals surface area contributed by atoms with Crippen LogP contribution in [0.15, 0.2) is 79.1 Å². The second-order valence-electron chi connectivity index (χ2n) is 11.1. The number of ether oxygens (including phenoxy) is 4. The molecule has 13 heteroatoms. The Balaban J connectivity index is 0.00000107. The number of hydrogen-bond donors (Lipinski definition) is 3. The number of hydrogen-bond acceptors (Lipinski definition) is 10. The lowest BCUT2D eigenvalue weighted by Crippen LogP contribution is -2.57. The highest BCUT2D eigenvalue weighted by atomic mass is 16.5. The summed E-state index contributed by atoms with van der Waals surface area (Å²) in [5, 5.41) is 13.5. The first kappa shape index (κ1) is 33.5. The van der Waals surface area contributed by atoms with Gasteiger partial charge in [-0.05, 0) is 53.6 Å². The van der Waals surface area contributed by atoms with Crippen molar-refractivity contribution >= 4 is 23.7 Å². The number of carboxylic acids is 1. The molecule has 4 heterocycles. The van der Waals surface area contributed by atoms with Gasteiger partial charge < -0.3 is 39.6 Å². The molecule has 2 amide bonds. The molecule has 2 atom stereocenters. The van der Waals surface area contributed by atoms with Crippen molar-refractivity contribution in [2.75, 3.05) is 38.8 Å². The average molecular weight is 656 g/mol. The first-order valence-electron chi connectivity index (χ1n) is 15.3. The van der Waals surface area contributed by atoms with E-state index in [1.165, 1.54) is 0 Å². The van der Waals surface area contributed by atoms with Crippen molar-refractivity contribution in [1.29, 1.82) is 0 Å². The van der Waals surface area contributed by atoms with Crippen molar-refractivity contribution in [3.63, 3.8) is 0 Å². The van der Waals surface area contributed by atoms with Crippen molar-refractivity contribution in [2.24, 2.45) is 0 Å². The van der Waals surface area contributed by atoms with Gasteiger partial charge in [-0.25, -0.2) is 9.97 Å². The van der Waals surface area contributed by atoms with Crippen LogP contribution in [0.3, 0.4) is 0 Å². The first-order valence-corrected chi connectivity index (χ1v) is 15.3. The number of carbonyl (C=O) groups is 3. The van der Waals surface area contributed by atoms with Crippen molar-refractivity contribution in [2.45, 2.75) is 32.0 Å². The van der Waals surface area contributed by atoms with Gasteiger partial charge in [0.2, 0.25) is 5.95 Å². The molecule has 3 N–H and O–H groups in total. The Hall–Kier alpha value is -5.85. The first-order chi connectivity index (χ1) is 23.2. The van der Waals surface area contributed by atoms with E-state index in [4.69, 9.17) is 28.8 Å². The number of methoxy groups -OCH3 is 2. The third-order valence-electron chi connectivity index (χ3n) is 7.68. The number of nitrogens with one attached hydrogen (secondary N) is 2. The molecule has 0 aliphatic carbocycles. The van der Waals surface area contributed by atoms with Gasteiger partial charge in [0.25, 0.3) is 17.8 Å². The average Bonchev–Trinajstić information content (AvgIpc) is 3.10. The summed E-state index contributed by atoms with van der Waals surface area (Å²) in [6.45, 7) is 2.38. The number of aromatic nitrogens is 2. The molecule has 13 nitrogen and oxygen atoms in total. The predicted molar refractivity (Wildman–Crippen MR) is 177 cm³/mol. The van der Waals surface area contributed by atoms with Crippen LogP contribution < -0.4 is 34.5 Å². The topological polar surface area (TPSA) is 161 Å². The standard InChI is InChI=1S/C33H33N5O6.C2H4O2/c1-41-26-17-35-33(36-18-26)38-13-12-30-28(19-38)37-32(40)23-8-11-29(42-2)27(15-23)22-4-3-5-25(14-22)43-20-31(39)34-16-21-6-9-24(44-30)10-7-21;1-2(3)4/h3-11,14-15,17-18,28,30H,12-13,16,19-20H2,1-2H3,(H,34,39)(H,37,40);1H3,(H,3,4)/t28-,30-;/m1./s1. The zero-order valence-corrected chi connectivity index (χ0v) is 26.8. The molecular weight excluding hydrogens is 618 g/mol. The van der Waals surface area contributed by atoms with E-state index in [0.717, 1.165) is 18.1 Å². The van der Waals surface area contributed by atoms with Crippen LogP contribution >= 0.6 is 0 Å². The fraction of sp³-hybridized carbons (Fsp3) is 0.286. The maximum Gasteiger partial charge on any atom is 0.300 e. The summed E-state index contributed by atoms with van der Waals surface area (Å²) in [6.07, 6.45) is 3.57. The quantitative estimate of drug-likeness (QED) is 0.295. The van der Waals surface area contributed by atoms with Crippen molar-refractivity contribution in [3.8, 4) is 34.1 Å². The molecule has 0 spiro atoms. The number of piperidine rings is 1. The fourth-order valence-electron chi connectivity index (χ4n) is 5.31. The Morgan fingerprint density at radius 2 is 1.71 bits per heavy atom. The second-order valence-corrected chi connectivity index (χ2v) is 11.1. The Morgan fingerprint density at radius 1 is 0.958 bits per heavy atom. The number of benzene rings is 3. The molecule has 1 fully saturated rings. The summed E-state index contributed by atoms with van der Waals surface area (Å²) >= 11 is 0. The van der Waals surface area contributed by atoms with E-state index >= 15 is 0 Å². The summed E-state index contributed by atoms with van der Waals surface area (Å²) in [4.78, 5) is 46.2. The highest BCUT2D eigenvalue weighted by Gasteiger charge is 2.33. The molecule has 1 saturated heterocycles. The molecule has 3 aliphatic heterocycles. The summed E-state index contributed by atoms with van der Waals surface area (Å²) in [7, 11) is 3.15. The van der Waals surface area contributed by atoms with Gasteiger partial charge in [-0.15, -0.1) is 0 Å². The number of rotatable bonds is 3. The number of carboxylic acid groups (broad SMARTS) is 1. The minimum Gasteiger partial charge on any atom is -0.496 e. The van der Waals surface area contributed by atoms with E-state index in [1.807, 2.05) is 47.4 Å². The van der Waals surface area contributed by atoms with Crippen LogP contribution in [0, 0.1) is 0 Å². The molecule has 1 aromatic heterocycles. The summed E-state index contributed by atoms with van der Waals surface area (Å²) in [6, 6.07) is 19.8. The van der Waals surface area contributed by atoms with E-state index in [1.54, 1.807) is 50.9 Å². The van der Waals surface area contributed by atoms with Crippen molar-refractivity contribution in [3.05, 3.63) is 90.3 Å². The summed E-state index contributed by atoms with van der Waals surface area (Å²) in [5.74, 6) is 1.58. The Labute approximate surface area is 277 Å². The number of amides is 2. The van der Waals surface area contributed by atoms with Gasteiger partial charge in [0.1, 0.15) is 23.4 Å². The molecule has 6 bridgehead atoms. The van der Waals surface area contributed by atoms with E-state index in [9.17, 15) is 9.59 Å². The van der Waals surface area contributed by atoms with E-state index in [2.05, 4.69) is 20.6 Å². The maximum absolute atomic E-state index is 13.8. The zero-order valence-electron chi connectivity index (χ0n) is 26.8. The van der Waals surface area contributed by atoms with Crippen LogP contribution in [0.2, 0.25) is 0 Å². The van der Waals surface area contributed by atoms with Gasteiger partial charge in [0.05, 0.1) is 32.7 Å². The highest BCUT2D eigenvalue weighted by Crippen LogP contribution is 2.33. The predicted octanol–water partition coefficient (Wildman–Crippen LogP) is 3.72. The van der Waals surface area contributed by atoms with Gasteiger partial charge in [0, 0.05) is 44.1 Å². The van der Waals surface area contributed by atoms with Crippen LogP contribution in [-0.2, 0) is 16.1 Å². The smallest absolute Gasteiger partial charge is 0.300 e. The van der Waals surface area contributed by atoms with Crippen LogP contribution in [0.4, 0.5) is 5.95 Å². The minimum atomic E-state index is -0.833. The molecular formula is C35H37N5O8. The largest absolute Gasteiger partial charge is 0.496 e. The summed E-state index contributed by atoms with van der Waals surface area (Å²) in [5.41, 5.74) is 2.88. The third kappa shape index (κ3) is 8.69. The SMILES string of the molecule is CC(=O)O.COc1cnc(N2CC[C@H]3Oc4ccc(cc4)CNC(=O)COc4cccc(c4)-c4cc(ccc4OC)C(=O)N[C@@H]3C2)nc1. The number of aliphatic carboxylic acids is 1. The van der Waals surface area contributed by atoms with Crippen LogP contribution in [0.5, 0.6) is 23.0 Å². The van der Waals surface area contributed by atoms with E-state index in [0.29, 0.717) is 66.1 Å². The normalized spacial score (nSPS) is 17.5. The Bertz CT molecular complexity index is 1730. The second kappa shape index (κ2) is 15.6. The molecule has 7 rings (SSSR count). The molecule has 250 valence electrons. The summed E-state index contributed by atoms with van der Waals surface area (Å²) < 4.78 is 23.1. The lowest BCUT2D eigenvalue weighted by Gasteiger charge is -2.38. The number of anilines is 1. The lowest BCUT2D eigenvalue weighted by molar-refractivity contribution is -0.134. The number of fused-ring (bicyclic) bond motifs is 7. The van der Waals surface area contributed by atoms with E-state index in [-0.39, 0.29) is 30.6 Å².